The average Bonchev–Trinajstić information content (AvgIpc) is 2.65. The number of thiophene rings is 1. The standard InChI is InChI=1S/C15H21N3O2S/c1-7-18(15(4,5)6)14(20)11-8(2)10-12(19)16-9(3)17-13(10)21-11/h7H2,1-6H3,(H,16,17,19). The number of fused-ring (bicyclic) bond motifs is 1. The normalized spacial score (nSPS) is 11.9. The highest BCUT2D eigenvalue weighted by atomic mass is 32.1. The van der Waals surface area contributed by atoms with Crippen LogP contribution in [0.15, 0.2) is 4.79 Å². The van der Waals surface area contributed by atoms with Gasteiger partial charge in [0.2, 0.25) is 0 Å². The van der Waals surface area contributed by atoms with Crippen LogP contribution in [0.1, 0.15) is 48.8 Å². The topological polar surface area (TPSA) is 66.1 Å². The number of aromatic nitrogens is 2. The number of nitrogens with one attached hydrogen (secondary N) is 1. The van der Waals surface area contributed by atoms with E-state index in [4.69, 9.17) is 0 Å². The summed E-state index contributed by atoms with van der Waals surface area (Å²) in [5.74, 6) is 0.526. The van der Waals surface area contributed by atoms with Crippen LogP contribution in [0.2, 0.25) is 0 Å². The van der Waals surface area contributed by atoms with Gasteiger partial charge in [0.25, 0.3) is 11.5 Å². The van der Waals surface area contributed by atoms with Crippen LogP contribution >= 0.6 is 11.3 Å². The van der Waals surface area contributed by atoms with E-state index in [1.54, 1.807) is 6.92 Å². The summed E-state index contributed by atoms with van der Waals surface area (Å²) in [6.07, 6.45) is 0. The van der Waals surface area contributed by atoms with Gasteiger partial charge >= 0.3 is 0 Å². The number of aromatic amines is 1. The summed E-state index contributed by atoms with van der Waals surface area (Å²) in [5.41, 5.74) is 0.282. The predicted octanol–water partition coefficient (Wildman–Crippen LogP) is 2.86. The van der Waals surface area contributed by atoms with Gasteiger partial charge in [-0.25, -0.2) is 4.98 Å². The number of carbonyl (C=O) groups is 1. The molecule has 0 saturated carbocycles. The first-order chi connectivity index (χ1) is 9.66. The Morgan fingerprint density at radius 1 is 1.33 bits per heavy atom. The summed E-state index contributed by atoms with van der Waals surface area (Å²) in [4.78, 5) is 35.0. The zero-order valence-electron chi connectivity index (χ0n) is 13.3. The lowest BCUT2D eigenvalue weighted by Gasteiger charge is -2.34. The van der Waals surface area contributed by atoms with Crippen molar-refractivity contribution in [2.45, 2.75) is 47.1 Å². The van der Waals surface area contributed by atoms with Crippen molar-refractivity contribution in [2.75, 3.05) is 6.54 Å². The monoisotopic (exact) mass is 307 g/mol. The van der Waals surface area contributed by atoms with E-state index in [-0.39, 0.29) is 17.0 Å². The Bertz CT molecular complexity index is 753. The molecule has 0 aliphatic carbocycles. The fourth-order valence-corrected chi connectivity index (χ4v) is 3.68. The number of rotatable bonds is 2. The van der Waals surface area contributed by atoms with Gasteiger partial charge in [0, 0.05) is 12.1 Å². The van der Waals surface area contributed by atoms with E-state index in [0.717, 1.165) is 5.56 Å². The predicted molar refractivity (Wildman–Crippen MR) is 86.2 cm³/mol. The molecule has 2 aromatic heterocycles. The van der Waals surface area contributed by atoms with Crippen LogP contribution < -0.4 is 5.56 Å². The zero-order chi connectivity index (χ0) is 15.9. The van der Waals surface area contributed by atoms with Gasteiger partial charge in [-0.3, -0.25) is 9.59 Å². The molecular weight excluding hydrogens is 286 g/mol. The molecule has 6 heteroatoms. The van der Waals surface area contributed by atoms with Crippen molar-refractivity contribution in [1.82, 2.24) is 14.9 Å². The van der Waals surface area contributed by atoms with Gasteiger partial charge in [-0.15, -0.1) is 11.3 Å². The van der Waals surface area contributed by atoms with E-state index in [0.29, 0.717) is 27.5 Å². The Morgan fingerprint density at radius 2 is 1.95 bits per heavy atom. The third kappa shape index (κ3) is 2.72. The minimum Gasteiger partial charge on any atom is -0.333 e. The van der Waals surface area contributed by atoms with E-state index < -0.39 is 0 Å². The van der Waals surface area contributed by atoms with Crippen molar-refractivity contribution in [3.63, 3.8) is 0 Å². The highest BCUT2D eigenvalue weighted by Gasteiger charge is 2.29. The summed E-state index contributed by atoms with van der Waals surface area (Å²) < 4.78 is 0. The Kier molecular flexibility index (Phi) is 3.93. The second kappa shape index (κ2) is 5.26. The fraction of sp³-hybridized carbons (Fsp3) is 0.533. The quantitative estimate of drug-likeness (QED) is 0.927. The lowest BCUT2D eigenvalue weighted by molar-refractivity contribution is 0.0603. The van der Waals surface area contributed by atoms with Crippen LogP contribution in [0.5, 0.6) is 0 Å². The molecule has 0 spiro atoms. The number of nitrogens with zero attached hydrogens (tertiary/aromatic N) is 2. The van der Waals surface area contributed by atoms with Crippen LogP contribution in [0.25, 0.3) is 10.2 Å². The van der Waals surface area contributed by atoms with Gasteiger partial charge in [0.15, 0.2) is 0 Å². The molecule has 0 fully saturated rings. The Labute approximate surface area is 128 Å². The van der Waals surface area contributed by atoms with Crippen molar-refractivity contribution in [2.24, 2.45) is 0 Å². The Balaban J connectivity index is 2.63. The average molecular weight is 307 g/mol. The first kappa shape index (κ1) is 15.7. The third-order valence-corrected chi connectivity index (χ3v) is 4.66. The molecule has 0 aliphatic heterocycles. The van der Waals surface area contributed by atoms with Crippen molar-refractivity contribution in [3.8, 4) is 0 Å². The minimum absolute atomic E-state index is 0.0393. The second-order valence-corrected chi connectivity index (χ2v) is 7.11. The molecule has 1 amide bonds. The molecule has 2 heterocycles. The number of H-pyrrole nitrogens is 1. The van der Waals surface area contributed by atoms with Crippen LogP contribution in [0, 0.1) is 13.8 Å². The number of aryl methyl sites for hydroxylation is 2. The molecule has 0 radical (unpaired) electrons. The summed E-state index contributed by atoms with van der Waals surface area (Å²) in [6, 6.07) is 0. The van der Waals surface area contributed by atoms with Crippen LogP contribution in [-0.4, -0.2) is 32.9 Å². The molecule has 0 aromatic carbocycles. The molecule has 21 heavy (non-hydrogen) atoms. The van der Waals surface area contributed by atoms with Gasteiger partial charge < -0.3 is 9.88 Å². The Morgan fingerprint density at radius 3 is 2.48 bits per heavy atom. The molecule has 0 unspecified atom stereocenters. The smallest absolute Gasteiger partial charge is 0.264 e. The lowest BCUT2D eigenvalue weighted by atomic mass is 10.1. The van der Waals surface area contributed by atoms with E-state index >= 15 is 0 Å². The van der Waals surface area contributed by atoms with Crippen molar-refractivity contribution >= 4 is 27.5 Å². The number of hydrogen-bond acceptors (Lipinski definition) is 4. The van der Waals surface area contributed by atoms with Gasteiger partial charge in [0.1, 0.15) is 10.7 Å². The van der Waals surface area contributed by atoms with Gasteiger partial charge in [-0.05, 0) is 47.1 Å². The molecular formula is C15H21N3O2S. The summed E-state index contributed by atoms with van der Waals surface area (Å²) in [5, 5.41) is 0.527. The first-order valence-corrected chi connectivity index (χ1v) is 7.80. The maximum absolute atomic E-state index is 12.8. The maximum atomic E-state index is 12.8. The lowest BCUT2D eigenvalue weighted by Crippen LogP contribution is -2.45. The second-order valence-electron chi connectivity index (χ2n) is 6.11. The third-order valence-electron chi connectivity index (χ3n) is 3.48. The molecule has 0 bridgehead atoms. The van der Waals surface area contributed by atoms with Gasteiger partial charge in [-0.1, -0.05) is 0 Å². The summed E-state index contributed by atoms with van der Waals surface area (Å²) in [6.45, 7) is 12.2. The molecule has 2 aromatic rings. The fourth-order valence-electron chi connectivity index (χ4n) is 2.50. The zero-order valence-corrected chi connectivity index (χ0v) is 14.1. The Hall–Kier alpha value is -1.69. The largest absolute Gasteiger partial charge is 0.333 e. The summed E-state index contributed by atoms with van der Waals surface area (Å²) >= 11 is 1.30. The van der Waals surface area contributed by atoms with E-state index in [1.807, 2.05) is 39.5 Å². The number of hydrogen-bond donors (Lipinski definition) is 1. The molecule has 2 rings (SSSR count). The SMILES string of the molecule is CCN(C(=O)c1sc2nc(C)[nH]c(=O)c2c1C)C(C)(C)C. The molecule has 0 atom stereocenters. The van der Waals surface area contributed by atoms with E-state index in [1.165, 1.54) is 11.3 Å². The van der Waals surface area contributed by atoms with Crippen molar-refractivity contribution in [3.05, 3.63) is 26.6 Å². The molecule has 114 valence electrons. The van der Waals surface area contributed by atoms with Crippen LogP contribution in [0.4, 0.5) is 0 Å². The van der Waals surface area contributed by atoms with Crippen LogP contribution in [0.3, 0.4) is 0 Å². The molecule has 0 aliphatic rings. The first-order valence-electron chi connectivity index (χ1n) is 6.98. The molecule has 0 saturated heterocycles. The molecule has 5 nitrogen and oxygen atoms in total. The maximum Gasteiger partial charge on any atom is 0.264 e. The van der Waals surface area contributed by atoms with Crippen molar-refractivity contribution in [1.29, 1.82) is 0 Å². The van der Waals surface area contributed by atoms with E-state index in [9.17, 15) is 9.59 Å². The summed E-state index contributed by atoms with van der Waals surface area (Å²) in [7, 11) is 0. The van der Waals surface area contributed by atoms with Gasteiger partial charge in [-0.2, -0.15) is 0 Å². The highest BCUT2D eigenvalue weighted by molar-refractivity contribution is 7.20. The highest BCUT2D eigenvalue weighted by Crippen LogP contribution is 2.29. The van der Waals surface area contributed by atoms with Crippen LogP contribution in [-0.2, 0) is 0 Å². The number of carbonyl (C=O) groups excluding carboxylic acids is 1. The van der Waals surface area contributed by atoms with Crippen molar-refractivity contribution < 1.29 is 4.79 Å². The molecule has 1 N–H and O–H groups in total. The minimum atomic E-state index is -0.260. The number of amides is 1. The van der Waals surface area contributed by atoms with Gasteiger partial charge in [0.05, 0.1) is 10.3 Å². The van der Waals surface area contributed by atoms with E-state index in [2.05, 4.69) is 9.97 Å².